The molecule has 0 radical (unpaired) electrons. The van der Waals surface area contributed by atoms with Crippen LogP contribution in [0.25, 0.3) is 10.9 Å². The average Bonchev–Trinajstić information content (AvgIpc) is 3.29. The number of methoxy groups -OCH3 is 1. The number of furan rings is 1. The van der Waals surface area contributed by atoms with Gasteiger partial charge in [0.05, 0.1) is 32.0 Å². The van der Waals surface area contributed by atoms with Crippen molar-refractivity contribution in [2.45, 2.75) is 25.3 Å². The number of hydrogen-bond donors (Lipinski definition) is 2. The number of nitrogens with one attached hydrogen (secondary N) is 2. The highest BCUT2D eigenvalue weighted by atomic mass is 16.5. The first kappa shape index (κ1) is 16.0. The van der Waals surface area contributed by atoms with E-state index in [2.05, 4.69) is 35.4 Å². The quantitative estimate of drug-likeness (QED) is 0.718. The maximum absolute atomic E-state index is 11.7. The number of ether oxygens (including phenoxy) is 1. The van der Waals surface area contributed by atoms with E-state index in [-0.39, 0.29) is 0 Å². The summed E-state index contributed by atoms with van der Waals surface area (Å²) in [5.41, 5.74) is 3.59. The lowest BCUT2D eigenvalue weighted by Gasteiger charge is -2.29. The molecule has 0 aliphatic carbocycles. The van der Waals surface area contributed by atoms with Crippen LogP contribution in [0.5, 0.6) is 0 Å². The summed E-state index contributed by atoms with van der Waals surface area (Å²) < 4.78 is 10.1. The number of fused-ring (bicyclic) bond motifs is 1. The molecule has 3 heterocycles. The molecule has 0 spiro atoms. The molecule has 0 unspecified atom stereocenters. The van der Waals surface area contributed by atoms with Crippen LogP contribution in [-0.2, 0) is 11.3 Å². The minimum Gasteiger partial charge on any atom is -0.463 e. The van der Waals surface area contributed by atoms with E-state index in [4.69, 9.17) is 9.15 Å². The van der Waals surface area contributed by atoms with Crippen molar-refractivity contribution in [3.63, 3.8) is 0 Å². The zero-order valence-corrected chi connectivity index (χ0v) is 14.4. The van der Waals surface area contributed by atoms with E-state index in [0.29, 0.717) is 11.7 Å². The normalized spacial score (nSPS) is 20.7. The van der Waals surface area contributed by atoms with E-state index in [1.54, 1.807) is 6.26 Å². The van der Waals surface area contributed by atoms with E-state index in [1.807, 2.05) is 6.07 Å². The van der Waals surface area contributed by atoms with Crippen LogP contribution in [0.2, 0.25) is 0 Å². The third-order valence-electron chi connectivity index (χ3n) is 5.31. The summed E-state index contributed by atoms with van der Waals surface area (Å²) in [4.78, 5) is 16.6. The lowest BCUT2D eigenvalue weighted by atomic mass is 9.89. The predicted molar refractivity (Wildman–Crippen MR) is 94.7 cm³/mol. The fraction of sp³-hybridized carbons (Fsp3) is 0.350. The van der Waals surface area contributed by atoms with Gasteiger partial charge in [0.15, 0.2) is 0 Å². The fourth-order valence-corrected chi connectivity index (χ4v) is 3.96. The Labute approximate surface area is 146 Å². The summed E-state index contributed by atoms with van der Waals surface area (Å²) in [6.45, 7) is 2.99. The number of carbonyl (C=O) groups is 1. The van der Waals surface area contributed by atoms with Crippen LogP contribution in [0, 0.1) is 0 Å². The number of benzene rings is 1. The number of aromatic nitrogens is 1. The zero-order chi connectivity index (χ0) is 17.2. The molecule has 25 heavy (non-hydrogen) atoms. The largest absolute Gasteiger partial charge is 0.463 e. The summed E-state index contributed by atoms with van der Waals surface area (Å²) in [6.07, 6.45) is 6.05. The predicted octanol–water partition coefficient (Wildman–Crippen LogP) is 2.51. The lowest BCUT2D eigenvalue weighted by molar-refractivity contribution is -0.919. The molecule has 1 fully saturated rings. The number of hydrogen-bond acceptors (Lipinski definition) is 3. The smallest absolute Gasteiger partial charge is 0.374 e. The Morgan fingerprint density at radius 1 is 1.28 bits per heavy atom. The number of quaternary nitrogens is 1. The fourth-order valence-electron chi connectivity index (χ4n) is 3.96. The molecule has 130 valence electrons. The molecule has 2 N–H and O–H groups in total. The van der Waals surface area contributed by atoms with Crippen LogP contribution in [0.1, 0.15) is 40.4 Å². The van der Waals surface area contributed by atoms with E-state index in [0.717, 1.165) is 38.0 Å². The van der Waals surface area contributed by atoms with Crippen molar-refractivity contribution in [3.8, 4) is 0 Å². The molecule has 0 saturated carbocycles. The molecule has 2 aromatic heterocycles. The number of carbonyl (C=O) groups excluding carboxylic acids is 1. The molecule has 4 rings (SSSR count). The Hall–Kier alpha value is -2.53. The van der Waals surface area contributed by atoms with Gasteiger partial charge in [-0.25, -0.2) is 4.79 Å². The minimum absolute atomic E-state index is 0.341. The molecule has 0 bridgehead atoms. The number of para-hydroxylation sites is 1. The molecule has 0 amide bonds. The van der Waals surface area contributed by atoms with E-state index < -0.39 is 5.97 Å². The van der Waals surface area contributed by atoms with Crippen LogP contribution < -0.4 is 4.90 Å². The number of rotatable bonds is 4. The Balaban J connectivity index is 1.42. The molecule has 1 aliphatic heterocycles. The van der Waals surface area contributed by atoms with Crippen molar-refractivity contribution in [1.29, 1.82) is 0 Å². The van der Waals surface area contributed by atoms with Crippen LogP contribution in [-0.4, -0.2) is 31.2 Å². The van der Waals surface area contributed by atoms with Gasteiger partial charge in [0.2, 0.25) is 5.76 Å². The Kier molecular flexibility index (Phi) is 4.32. The minimum atomic E-state index is -0.395. The number of piperidine rings is 1. The molecule has 0 atom stereocenters. The van der Waals surface area contributed by atoms with Crippen LogP contribution in [0.4, 0.5) is 0 Å². The lowest BCUT2D eigenvalue weighted by Crippen LogP contribution is -3.11. The van der Waals surface area contributed by atoms with Gasteiger partial charge in [0.25, 0.3) is 0 Å². The van der Waals surface area contributed by atoms with Gasteiger partial charge in [-0.15, -0.1) is 0 Å². The topological polar surface area (TPSA) is 59.7 Å². The van der Waals surface area contributed by atoms with Crippen molar-refractivity contribution in [2.75, 3.05) is 20.2 Å². The molecule has 1 saturated heterocycles. The first-order valence-corrected chi connectivity index (χ1v) is 8.80. The second kappa shape index (κ2) is 6.76. The van der Waals surface area contributed by atoms with Crippen molar-refractivity contribution < 1.29 is 18.8 Å². The summed E-state index contributed by atoms with van der Waals surface area (Å²) in [6, 6.07) is 10.4. The van der Waals surface area contributed by atoms with Crippen LogP contribution in [0.3, 0.4) is 0 Å². The second-order valence-corrected chi connectivity index (χ2v) is 6.76. The average molecular weight is 339 g/mol. The van der Waals surface area contributed by atoms with Gasteiger partial charge in [-0.1, -0.05) is 18.2 Å². The highest BCUT2D eigenvalue weighted by molar-refractivity contribution is 5.87. The molecule has 3 aromatic rings. The van der Waals surface area contributed by atoms with Gasteiger partial charge in [-0.3, -0.25) is 0 Å². The third kappa shape index (κ3) is 3.07. The second-order valence-electron chi connectivity index (χ2n) is 6.76. The molecule has 1 aliphatic rings. The SMILES string of the molecule is COC(=O)c1occc1C[NH+]1CCC(c2c[nH]c3ccccc23)CC1. The molecular weight excluding hydrogens is 316 g/mol. The third-order valence-corrected chi connectivity index (χ3v) is 5.31. The summed E-state index contributed by atoms with van der Waals surface area (Å²) >= 11 is 0. The van der Waals surface area contributed by atoms with Gasteiger partial charge in [0, 0.05) is 29.9 Å². The van der Waals surface area contributed by atoms with Gasteiger partial charge >= 0.3 is 5.97 Å². The van der Waals surface area contributed by atoms with Crippen LogP contribution >= 0.6 is 0 Å². The molecule has 1 aromatic carbocycles. The van der Waals surface area contributed by atoms with Crippen molar-refractivity contribution in [3.05, 3.63) is 59.7 Å². The Morgan fingerprint density at radius 2 is 2.08 bits per heavy atom. The van der Waals surface area contributed by atoms with Crippen molar-refractivity contribution >= 4 is 16.9 Å². The van der Waals surface area contributed by atoms with Gasteiger partial charge in [-0.2, -0.15) is 0 Å². The number of likely N-dealkylation sites (tertiary alicyclic amines) is 1. The highest BCUT2D eigenvalue weighted by Crippen LogP contribution is 2.30. The van der Waals surface area contributed by atoms with E-state index in [1.165, 1.54) is 28.5 Å². The maximum atomic E-state index is 11.7. The van der Waals surface area contributed by atoms with E-state index in [9.17, 15) is 4.79 Å². The van der Waals surface area contributed by atoms with Gasteiger partial charge < -0.3 is 19.0 Å². The standard InChI is InChI=1S/C20H22N2O3/c1-24-20(23)19-15(8-11-25-19)13-22-9-6-14(7-10-22)17-12-21-18-5-3-2-4-16(17)18/h2-5,8,11-12,14,21H,6-7,9-10,13H2,1H3/p+1. The molecule has 5 heteroatoms. The first-order chi connectivity index (χ1) is 12.3. The summed E-state index contributed by atoms with van der Waals surface area (Å²) in [5, 5.41) is 1.35. The van der Waals surface area contributed by atoms with E-state index >= 15 is 0 Å². The van der Waals surface area contributed by atoms with Crippen LogP contribution in [0.15, 0.2) is 47.2 Å². The molecular formula is C20H23N2O3+. The maximum Gasteiger partial charge on any atom is 0.374 e. The number of esters is 1. The summed E-state index contributed by atoms with van der Waals surface area (Å²) in [5.74, 6) is 0.547. The number of aromatic amines is 1. The highest BCUT2D eigenvalue weighted by Gasteiger charge is 2.27. The zero-order valence-electron chi connectivity index (χ0n) is 14.4. The number of H-pyrrole nitrogens is 1. The first-order valence-electron chi connectivity index (χ1n) is 8.80. The van der Waals surface area contributed by atoms with Gasteiger partial charge in [0.1, 0.15) is 6.54 Å². The Morgan fingerprint density at radius 3 is 2.88 bits per heavy atom. The monoisotopic (exact) mass is 339 g/mol. The Bertz CT molecular complexity index is 872. The summed E-state index contributed by atoms with van der Waals surface area (Å²) in [7, 11) is 1.38. The van der Waals surface area contributed by atoms with Crippen molar-refractivity contribution in [2.24, 2.45) is 0 Å². The van der Waals surface area contributed by atoms with Gasteiger partial charge in [-0.05, 0) is 23.6 Å². The van der Waals surface area contributed by atoms with Crippen molar-refractivity contribution in [1.82, 2.24) is 4.98 Å². The molecule has 5 nitrogen and oxygen atoms in total.